The van der Waals surface area contributed by atoms with Crippen LogP contribution in [-0.4, -0.2) is 18.2 Å². The number of benzene rings is 1. The predicted molar refractivity (Wildman–Crippen MR) is 69.3 cm³/mol. The van der Waals surface area contributed by atoms with Crippen LogP contribution in [0, 0.1) is 18.8 Å². The molecule has 4 rings (SSSR count). The van der Waals surface area contributed by atoms with E-state index >= 15 is 0 Å². The maximum Gasteiger partial charge on any atom is 0.141 e. The fraction of sp³-hybridized carbons (Fsp3) is 0.400. The predicted octanol–water partition coefficient (Wildman–Crippen LogP) is 2.58. The zero-order chi connectivity index (χ0) is 12.1. The molecule has 92 valence electrons. The van der Waals surface area contributed by atoms with Gasteiger partial charge in [0.2, 0.25) is 0 Å². The van der Waals surface area contributed by atoms with Gasteiger partial charge in [-0.25, -0.2) is 0 Å². The molecule has 2 heterocycles. The lowest BCUT2D eigenvalue weighted by Gasteiger charge is -2.05. The Kier molecular flexibility index (Phi) is 2.12. The highest BCUT2D eigenvalue weighted by Crippen LogP contribution is 2.57. The summed E-state index contributed by atoms with van der Waals surface area (Å²) in [7, 11) is 0. The Morgan fingerprint density at radius 3 is 2.61 bits per heavy atom. The van der Waals surface area contributed by atoms with Crippen molar-refractivity contribution in [2.24, 2.45) is 11.8 Å². The molecule has 1 aliphatic heterocycles. The minimum absolute atomic E-state index is 0.610. The fourth-order valence-electron chi connectivity index (χ4n) is 3.40. The molecule has 1 aliphatic carbocycles. The molecule has 18 heavy (non-hydrogen) atoms. The Morgan fingerprint density at radius 1 is 1.17 bits per heavy atom. The van der Waals surface area contributed by atoms with Gasteiger partial charge in [0.05, 0.1) is 5.69 Å². The van der Waals surface area contributed by atoms with Crippen LogP contribution in [0.1, 0.15) is 17.4 Å². The van der Waals surface area contributed by atoms with Gasteiger partial charge in [-0.2, -0.15) is 0 Å². The summed E-state index contributed by atoms with van der Waals surface area (Å²) in [4.78, 5) is 0. The van der Waals surface area contributed by atoms with Crippen LogP contribution in [0.25, 0.3) is 11.1 Å². The van der Waals surface area contributed by atoms with Crippen LogP contribution in [0.5, 0.6) is 0 Å². The zero-order valence-corrected chi connectivity index (χ0v) is 10.4. The van der Waals surface area contributed by atoms with Gasteiger partial charge in [0.1, 0.15) is 5.76 Å². The third-order valence-corrected chi connectivity index (χ3v) is 4.36. The number of rotatable bonds is 2. The molecular weight excluding hydrogens is 224 g/mol. The standard InChI is InChI=1S/C15H16N2O/c1-9-13(10-5-3-2-4-6-10)15(17-18-9)14-11-7-16-8-12(11)14/h2-6,11-12,14,16H,7-8H2,1H3/t11-,12+,14?. The van der Waals surface area contributed by atoms with E-state index in [1.165, 1.54) is 16.8 Å². The Labute approximate surface area is 106 Å². The average Bonchev–Trinajstić information content (AvgIpc) is 2.79. The highest BCUT2D eigenvalue weighted by molar-refractivity contribution is 5.69. The van der Waals surface area contributed by atoms with Crippen molar-refractivity contribution in [3.8, 4) is 11.1 Å². The summed E-state index contributed by atoms with van der Waals surface area (Å²) in [6.45, 7) is 4.28. The molecule has 1 saturated carbocycles. The summed E-state index contributed by atoms with van der Waals surface area (Å²) in [5, 5.41) is 7.76. The molecule has 1 saturated heterocycles. The minimum Gasteiger partial charge on any atom is -0.361 e. The Balaban J connectivity index is 1.77. The van der Waals surface area contributed by atoms with E-state index in [4.69, 9.17) is 4.52 Å². The molecule has 0 amide bonds. The van der Waals surface area contributed by atoms with Gasteiger partial charge in [0, 0.05) is 11.5 Å². The summed E-state index contributed by atoms with van der Waals surface area (Å²) in [6.07, 6.45) is 0. The largest absolute Gasteiger partial charge is 0.361 e. The normalized spacial score (nSPS) is 29.3. The number of hydrogen-bond donors (Lipinski definition) is 1. The molecule has 2 aromatic rings. The maximum atomic E-state index is 5.45. The van der Waals surface area contributed by atoms with Gasteiger partial charge < -0.3 is 9.84 Å². The average molecular weight is 240 g/mol. The number of nitrogens with zero attached hydrogens (tertiary/aromatic N) is 1. The molecule has 2 fully saturated rings. The summed E-state index contributed by atoms with van der Waals surface area (Å²) in [6, 6.07) is 10.5. The second kappa shape index (κ2) is 3.69. The molecule has 0 spiro atoms. The third-order valence-electron chi connectivity index (χ3n) is 4.36. The van der Waals surface area contributed by atoms with E-state index in [0.717, 1.165) is 30.7 Å². The topological polar surface area (TPSA) is 38.1 Å². The Hall–Kier alpha value is -1.61. The van der Waals surface area contributed by atoms with Gasteiger partial charge in [0.15, 0.2) is 0 Å². The van der Waals surface area contributed by atoms with Crippen molar-refractivity contribution >= 4 is 0 Å². The lowest BCUT2D eigenvalue weighted by Crippen LogP contribution is -2.14. The van der Waals surface area contributed by atoms with E-state index in [1.54, 1.807) is 0 Å². The van der Waals surface area contributed by atoms with E-state index in [1.807, 2.05) is 13.0 Å². The van der Waals surface area contributed by atoms with E-state index in [9.17, 15) is 0 Å². The van der Waals surface area contributed by atoms with Crippen molar-refractivity contribution in [2.45, 2.75) is 12.8 Å². The van der Waals surface area contributed by atoms with Gasteiger partial charge in [-0.3, -0.25) is 0 Å². The second-order valence-corrected chi connectivity index (χ2v) is 5.38. The number of hydrogen-bond acceptors (Lipinski definition) is 3. The van der Waals surface area contributed by atoms with Crippen molar-refractivity contribution in [2.75, 3.05) is 13.1 Å². The lowest BCUT2D eigenvalue weighted by atomic mass is 10.00. The highest BCUT2D eigenvalue weighted by Gasteiger charge is 2.55. The van der Waals surface area contributed by atoms with Crippen LogP contribution < -0.4 is 5.32 Å². The lowest BCUT2D eigenvalue weighted by molar-refractivity contribution is 0.388. The first-order chi connectivity index (χ1) is 8.86. The first kappa shape index (κ1) is 10.3. The minimum atomic E-state index is 0.610. The monoisotopic (exact) mass is 240 g/mol. The van der Waals surface area contributed by atoms with E-state index < -0.39 is 0 Å². The number of fused-ring (bicyclic) bond motifs is 1. The Bertz CT molecular complexity index is 565. The van der Waals surface area contributed by atoms with Crippen LogP contribution in [0.15, 0.2) is 34.9 Å². The van der Waals surface area contributed by atoms with Crippen molar-refractivity contribution in [1.82, 2.24) is 10.5 Å². The first-order valence-corrected chi connectivity index (χ1v) is 6.58. The van der Waals surface area contributed by atoms with Gasteiger partial charge >= 0.3 is 0 Å². The van der Waals surface area contributed by atoms with Crippen LogP contribution >= 0.6 is 0 Å². The smallest absolute Gasteiger partial charge is 0.141 e. The van der Waals surface area contributed by atoms with Crippen molar-refractivity contribution < 1.29 is 4.52 Å². The van der Waals surface area contributed by atoms with Crippen molar-refractivity contribution in [3.05, 3.63) is 41.8 Å². The van der Waals surface area contributed by atoms with Crippen molar-refractivity contribution in [3.63, 3.8) is 0 Å². The summed E-state index contributed by atoms with van der Waals surface area (Å²) in [5.74, 6) is 3.10. The second-order valence-electron chi connectivity index (χ2n) is 5.38. The summed E-state index contributed by atoms with van der Waals surface area (Å²) < 4.78 is 5.45. The maximum absolute atomic E-state index is 5.45. The molecular formula is C15H16N2O. The molecule has 3 nitrogen and oxygen atoms in total. The number of piperidine rings is 1. The van der Waals surface area contributed by atoms with Crippen LogP contribution in [-0.2, 0) is 0 Å². The molecule has 1 unspecified atom stereocenters. The Morgan fingerprint density at radius 2 is 1.89 bits per heavy atom. The number of aryl methyl sites for hydroxylation is 1. The molecule has 3 atom stereocenters. The molecule has 1 N–H and O–H groups in total. The first-order valence-electron chi connectivity index (χ1n) is 6.58. The van der Waals surface area contributed by atoms with Gasteiger partial charge in [0.25, 0.3) is 0 Å². The van der Waals surface area contributed by atoms with Gasteiger partial charge in [-0.15, -0.1) is 0 Å². The van der Waals surface area contributed by atoms with E-state index in [2.05, 4.69) is 34.7 Å². The van der Waals surface area contributed by atoms with Crippen LogP contribution in [0.3, 0.4) is 0 Å². The molecule has 2 aliphatic rings. The molecule has 3 heteroatoms. The van der Waals surface area contributed by atoms with Crippen molar-refractivity contribution in [1.29, 1.82) is 0 Å². The zero-order valence-electron chi connectivity index (χ0n) is 10.4. The van der Waals surface area contributed by atoms with Crippen LogP contribution in [0.2, 0.25) is 0 Å². The molecule has 1 aromatic heterocycles. The fourth-order valence-corrected chi connectivity index (χ4v) is 3.40. The molecule has 1 aromatic carbocycles. The highest BCUT2D eigenvalue weighted by atomic mass is 16.5. The molecule has 0 radical (unpaired) electrons. The van der Waals surface area contributed by atoms with E-state index in [0.29, 0.717) is 5.92 Å². The SMILES string of the molecule is Cc1onc(C2[C@H]3CNC[C@@H]23)c1-c1ccccc1. The van der Waals surface area contributed by atoms with Crippen LogP contribution in [0.4, 0.5) is 0 Å². The summed E-state index contributed by atoms with van der Waals surface area (Å²) >= 11 is 0. The number of aromatic nitrogens is 1. The van der Waals surface area contributed by atoms with E-state index in [-0.39, 0.29) is 0 Å². The third kappa shape index (κ3) is 1.37. The van der Waals surface area contributed by atoms with Gasteiger partial charge in [-0.05, 0) is 37.4 Å². The van der Waals surface area contributed by atoms with Gasteiger partial charge in [-0.1, -0.05) is 35.5 Å². The summed E-state index contributed by atoms with van der Waals surface area (Å²) in [5.41, 5.74) is 3.62. The molecule has 0 bridgehead atoms. The quantitative estimate of drug-likeness (QED) is 0.876. The number of nitrogens with one attached hydrogen (secondary N) is 1.